The number of nitrogens with zero attached hydrogens (tertiary/aromatic N) is 3. The fraction of sp³-hybridized carbons (Fsp3) is 0.474. The summed E-state index contributed by atoms with van der Waals surface area (Å²) in [7, 11) is 1.64. The maximum atomic E-state index is 12.2. The second kappa shape index (κ2) is 8.16. The SMILES string of the molecule is C=CCn1c(N2CCC(C(=O)NCCOC)CC2)nc2ccccc21. The molecule has 1 aliphatic heterocycles. The lowest BCUT2D eigenvalue weighted by atomic mass is 9.96. The van der Waals surface area contributed by atoms with E-state index in [2.05, 4.69) is 27.4 Å². The van der Waals surface area contributed by atoms with Gasteiger partial charge in [0.15, 0.2) is 0 Å². The molecule has 25 heavy (non-hydrogen) atoms. The first-order valence-electron chi connectivity index (χ1n) is 8.82. The van der Waals surface area contributed by atoms with Gasteiger partial charge in [-0.1, -0.05) is 18.2 Å². The summed E-state index contributed by atoms with van der Waals surface area (Å²) in [5.41, 5.74) is 2.12. The number of nitrogens with one attached hydrogen (secondary N) is 1. The van der Waals surface area contributed by atoms with Gasteiger partial charge in [0.05, 0.1) is 17.6 Å². The minimum Gasteiger partial charge on any atom is -0.383 e. The molecule has 2 heterocycles. The van der Waals surface area contributed by atoms with Crippen LogP contribution in [0.3, 0.4) is 0 Å². The molecule has 0 aliphatic carbocycles. The van der Waals surface area contributed by atoms with Crippen molar-refractivity contribution in [2.45, 2.75) is 19.4 Å². The van der Waals surface area contributed by atoms with Gasteiger partial charge in [0.25, 0.3) is 0 Å². The molecule has 1 aromatic heterocycles. The molecule has 2 aromatic rings. The summed E-state index contributed by atoms with van der Waals surface area (Å²) in [5, 5.41) is 2.94. The van der Waals surface area contributed by atoms with Gasteiger partial charge in [-0.25, -0.2) is 4.98 Å². The van der Waals surface area contributed by atoms with E-state index >= 15 is 0 Å². The summed E-state index contributed by atoms with van der Waals surface area (Å²) in [6, 6.07) is 8.16. The summed E-state index contributed by atoms with van der Waals surface area (Å²) in [4.78, 5) is 19.3. The Balaban J connectivity index is 1.68. The van der Waals surface area contributed by atoms with E-state index < -0.39 is 0 Å². The fourth-order valence-electron chi connectivity index (χ4n) is 3.38. The van der Waals surface area contributed by atoms with Crippen LogP contribution in [0.1, 0.15) is 12.8 Å². The molecule has 1 fully saturated rings. The standard InChI is InChI=1S/C19H26N4O2/c1-3-11-23-17-7-5-4-6-16(17)21-19(23)22-12-8-15(9-13-22)18(24)20-10-14-25-2/h3-7,15H,1,8-14H2,2H3,(H,20,24). The van der Waals surface area contributed by atoms with Crippen molar-refractivity contribution in [2.24, 2.45) is 5.92 Å². The average Bonchev–Trinajstić information content (AvgIpc) is 3.01. The Kier molecular flexibility index (Phi) is 5.71. The molecule has 1 aliphatic rings. The van der Waals surface area contributed by atoms with E-state index in [9.17, 15) is 4.79 Å². The molecule has 1 saturated heterocycles. The van der Waals surface area contributed by atoms with E-state index in [1.165, 1.54) is 0 Å². The highest BCUT2D eigenvalue weighted by Gasteiger charge is 2.27. The molecule has 0 atom stereocenters. The number of ether oxygens (including phenoxy) is 1. The smallest absolute Gasteiger partial charge is 0.223 e. The van der Waals surface area contributed by atoms with Gasteiger partial charge in [0.1, 0.15) is 0 Å². The zero-order valence-corrected chi connectivity index (χ0v) is 14.8. The van der Waals surface area contributed by atoms with Gasteiger partial charge >= 0.3 is 0 Å². The maximum absolute atomic E-state index is 12.2. The van der Waals surface area contributed by atoms with E-state index in [-0.39, 0.29) is 11.8 Å². The molecule has 0 bridgehead atoms. The van der Waals surface area contributed by atoms with E-state index in [0.29, 0.717) is 13.2 Å². The highest BCUT2D eigenvalue weighted by molar-refractivity contribution is 5.80. The Morgan fingerprint density at radius 1 is 1.40 bits per heavy atom. The van der Waals surface area contributed by atoms with Gasteiger partial charge in [-0.3, -0.25) is 4.79 Å². The molecular weight excluding hydrogens is 316 g/mol. The Bertz CT molecular complexity index is 732. The minimum atomic E-state index is 0.0744. The number of hydrogen-bond acceptors (Lipinski definition) is 4. The quantitative estimate of drug-likeness (QED) is 0.619. The first-order valence-corrected chi connectivity index (χ1v) is 8.82. The number of para-hydroxylation sites is 2. The van der Waals surface area contributed by atoms with Crippen molar-refractivity contribution in [3.05, 3.63) is 36.9 Å². The summed E-state index contributed by atoms with van der Waals surface area (Å²) in [5.74, 6) is 1.18. The molecule has 0 unspecified atom stereocenters. The van der Waals surface area contributed by atoms with Crippen LogP contribution >= 0.6 is 0 Å². The highest BCUT2D eigenvalue weighted by Crippen LogP contribution is 2.27. The maximum Gasteiger partial charge on any atom is 0.223 e. The van der Waals surface area contributed by atoms with Crippen LogP contribution in [0.5, 0.6) is 0 Å². The Morgan fingerprint density at radius 3 is 2.88 bits per heavy atom. The van der Waals surface area contributed by atoms with Crippen molar-refractivity contribution in [3.63, 3.8) is 0 Å². The van der Waals surface area contributed by atoms with Gasteiger partial charge in [-0.2, -0.15) is 0 Å². The zero-order valence-electron chi connectivity index (χ0n) is 14.8. The van der Waals surface area contributed by atoms with Crippen LogP contribution < -0.4 is 10.2 Å². The summed E-state index contributed by atoms with van der Waals surface area (Å²) in [6.45, 7) is 7.40. The lowest BCUT2D eigenvalue weighted by molar-refractivity contribution is -0.125. The van der Waals surface area contributed by atoms with Crippen molar-refractivity contribution in [2.75, 3.05) is 38.3 Å². The van der Waals surface area contributed by atoms with Crippen LogP contribution in [0, 0.1) is 5.92 Å². The number of carbonyl (C=O) groups is 1. The number of imidazole rings is 1. The third-order valence-corrected chi connectivity index (χ3v) is 4.70. The van der Waals surface area contributed by atoms with Crippen molar-refractivity contribution in [3.8, 4) is 0 Å². The monoisotopic (exact) mass is 342 g/mol. The van der Waals surface area contributed by atoms with Crippen LogP contribution in [0.25, 0.3) is 11.0 Å². The predicted molar refractivity (Wildman–Crippen MR) is 99.8 cm³/mol. The number of carbonyl (C=O) groups excluding carboxylic acids is 1. The van der Waals surface area contributed by atoms with Crippen molar-refractivity contribution < 1.29 is 9.53 Å². The number of aromatic nitrogens is 2. The molecule has 0 radical (unpaired) electrons. The lowest BCUT2D eigenvalue weighted by Gasteiger charge is -2.32. The summed E-state index contributed by atoms with van der Waals surface area (Å²) < 4.78 is 7.17. The number of amides is 1. The Morgan fingerprint density at radius 2 is 2.16 bits per heavy atom. The first kappa shape index (κ1) is 17.5. The number of anilines is 1. The second-order valence-electron chi connectivity index (χ2n) is 6.34. The zero-order chi connectivity index (χ0) is 17.6. The molecule has 3 rings (SSSR count). The van der Waals surface area contributed by atoms with E-state index in [4.69, 9.17) is 9.72 Å². The van der Waals surface area contributed by atoms with Crippen LogP contribution in [-0.4, -0.2) is 48.8 Å². The van der Waals surface area contributed by atoms with Gasteiger partial charge in [-0.15, -0.1) is 6.58 Å². The number of rotatable bonds is 7. The molecule has 0 spiro atoms. The Labute approximate surface area is 148 Å². The number of hydrogen-bond donors (Lipinski definition) is 1. The van der Waals surface area contributed by atoms with Crippen LogP contribution in [0.15, 0.2) is 36.9 Å². The number of allylic oxidation sites excluding steroid dienone is 1. The molecule has 6 heteroatoms. The van der Waals surface area contributed by atoms with Gasteiger partial charge in [-0.05, 0) is 25.0 Å². The normalized spacial score (nSPS) is 15.5. The molecule has 6 nitrogen and oxygen atoms in total. The molecule has 1 amide bonds. The second-order valence-corrected chi connectivity index (χ2v) is 6.34. The number of benzene rings is 1. The van der Waals surface area contributed by atoms with Crippen LogP contribution in [0.2, 0.25) is 0 Å². The molecule has 134 valence electrons. The summed E-state index contributed by atoms with van der Waals surface area (Å²) in [6.07, 6.45) is 3.58. The topological polar surface area (TPSA) is 59.4 Å². The highest BCUT2D eigenvalue weighted by atomic mass is 16.5. The van der Waals surface area contributed by atoms with E-state index in [1.807, 2.05) is 24.3 Å². The van der Waals surface area contributed by atoms with Crippen molar-refractivity contribution in [1.82, 2.24) is 14.9 Å². The molecule has 1 aromatic carbocycles. The molecule has 0 saturated carbocycles. The number of methoxy groups -OCH3 is 1. The van der Waals surface area contributed by atoms with Crippen LogP contribution in [0.4, 0.5) is 5.95 Å². The molecule has 1 N–H and O–H groups in total. The van der Waals surface area contributed by atoms with E-state index in [1.54, 1.807) is 7.11 Å². The third kappa shape index (κ3) is 3.85. The van der Waals surface area contributed by atoms with Crippen molar-refractivity contribution >= 4 is 22.9 Å². The summed E-state index contributed by atoms with van der Waals surface area (Å²) >= 11 is 0. The van der Waals surface area contributed by atoms with Gasteiger partial charge < -0.3 is 19.5 Å². The van der Waals surface area contributed by atoms with Gasteiger partial charge in [0, 0.05) is 39.2 Å². The van der Waals surface area contributed by atoms with Crippen LogP contribution in [-0.2, 0) is 16.1 Å². The van der Waals surface area contributed by atoms with E-state index in [0.717, 1.165) is 49.5 Å². The first-order chi connectivity index (χ1) is 12.2. The largest absolute Gasteiger partial charge is 0.383 e. The average molecular weight is 342 g/mol. The number of fused-ring (bicyclic) bond motifs is 1. The fourth-order valence-corrected chi connectivity index (χ4v) is 3.38. The van der Waals surface area contributed by atoms with Gasteiger partial charge in [0.2, 0.25) is 11.9 Å². The van der Waals surface area contributed by atoms with Crippen molar-refractivity contribution in [1.29, 1.82) is 0 Å². The lowest BCUT2D eigenvalue weighted by Crippen LogP contribution is -2.42. The number of piperidine rings is 1. The predicted octanol–water partition coefficient (Wildman–Crippen LogP) is 2.20. The minimum absolute atomic E-state index is 0.0744. The Hall–Kier alpha value is -2.34. The third-order valence-electron chi connectivity index (χ3n) is 4.70. The molecular formula is C19H26N4O2.